The van der Waals surface area contributed by atoms with Crippen LogP contribution in [0.25, 0.3) is 0 Å². The van der Waals surface area contributed by atoms with Crippen molar-refractivity contribution in [3.63, 3.8) is 0 Å². The van der Waals surface area contributed by atoms with E-state index in [0.29, 0.717) is 17.4 Å². The minimum Gasteiger partial charge on any atom is -0.378 e. The van der Waals surface area contributed by atoms with Crippen molar-refractivity contribution < 1.29 is 9.13 Å². The zero-order valence-corrected chi connectivity index (χ0v) is 13.6. The molecule has 1 aromatic carbocycles. The van der Waals surface area contributed by atoms with Gasteiger partial charge in [0.05, 0.1) is 6.10 Å². The van der Waals surface area contributed by atoms with Gasteiger partial charge in [0.2, 0.25) is 0 Å². The second kappa shape index (κ2) is 8.11. The number of nitrogens with one attached hydrogen (secondary N) is 1. The fourth-order valence-electron chi connectivity index (χ4n) is 3.17. The molecule has 1 saturated heterocycles. The third-order valence-electron chi connectivity index (χ3n) is 4.29. The minimum atomic E-state index is -0.210. The van der Waals surface area contributed by atoms with Gasteiger partial charge < -0.3 is 10.1 Å². The van der Waals surface area contributed by atoms with Crippen LogP contribution < -0.4 is 5.32 Å². The number of hydrogen-bond acceptors (Lipinski definition) is 2. The van der Waals surface area contributed by atoms with Crippen LogP contribution >= 0.6 is 11.6 Å². The summed E-state index contributed by atoms with van der Waals surface area (Å²) in [7, 11) is 0. The lowest BCUT2D eigenvalue weighted by atomic mass is 9.87. The van der Waals surface area contributed by atoms with E-state index in [1.807, 2.05) is 0 Å². The van der Waals surface area contributed by atoms with Gasteiger partial charge in [-0.2, -0.15) is 0 Å². The molecule has 2 rings (SSSR count). The Kier molecular flexibility index (Phi) is 6.46. The van der Waals surface area contributed by atoms with Gasteiger partial charge in [-0.05, 0) is 49.9 Å². The summed E-state index contributed by atoms with van der Waals surface area (Å²) in [4.78, 5) is 0. The highest BCUT2D eigenvalue weighted by Gasteiger charge is 2.33. The largest absolute Gasteiger partial charge is 0.378 e. The maximum absolute atomic E-state index is 14.1. The average Bonchev–Trinajstić information content (AvgIpc) is 2.94. The third kappa shape index (κ3) is 4.41. The van der Waals surface area contributed by atoms with Crippen molar-refractivity contribution in [2.24, 2.45) is 5.92 Å². The summed E-state index contributed by atoms with van der Waals surface area (Å²) in [5.41, 5.74) is 0.731. The van der Waals surface area contributed by atoms with E-state index in [4.69, 9.17) is 16.3 Å². The Hall–Kier alpha value is -0.640. The Morgan fingerprint density at radius 3 is 2.90 bits per heavy atom. The summed E-state index contributed by atoms with van der Waals surface area (Å²) in [6, 6.07) is 5.22. The molecule has 1 aromatic rings. The Bertz CT molecular complexity index is 454. The van der Waals surface area contributed by atoms with E-state index in [1.54, 1.807) is 12.1 Å². The van der Waals surface area contributed by atoms with Crippen LogP contribution in [-0.4, -0.2) is 25.3 Å². The van der Waals surface area contributed by atoms with Crippen molar-refractivity contribution in [2.45, 2.75) is 51.7 Å². The Morgan fingerprint density at radius 2 is 2.24 bits per heavy atom. The molecule has 0 spiro atoms. The predicted molar refractivity (Wildman–Crippen MR) is 85.3 cm³/mol. The summed E-state index contributed by atoms with van der Waals surface area (Å²) >= 11 is 5.83. The van der Waals surface area contributed by atoms with Crippen LogP contribution in [0.2, 0.25) is 5.02 Å². The van der Waals surface area contributed by atoms with Gasteiger partial charge in [-0.15, -0.1) is 0 Å². The average molecular weight is 314 g/mol. The minimum absolute atomic E-state index is 0.210. The molecule has 2 nitrogen and oxygen atoms in total. The first-order chi connectivity index (χ1) is 10.2. The van der Waals surface area contributed by atoms with Crippen LogP contribution in [0, 0.1) is 11.7 Å². The van der Waals surface area contributed by atoms with Crippen molar-refractivity contribution in [3.8, 4) is 0 Å². The molecule has 0 aliphatic carbocycles. The fourth-order valence-corrected chi connectivity index (χ4v) is 3.33. The summed E-state index contributed by atoms with van der Waals surface area (Å²) in [5.74, 6) is 0.245. The summed E-state index contributed by atoms with van der Waals surface area (Å²) < 4.78 is 19.9. The van der Waals surface area contributed by atoms with Gasteiger partial charge in [0.1, 0.15) is 5.82 Å². The summed E-state index contributed by atoms with van der Waals surface area (Å²) in [5, 5.41) is 4.04. The lowest BCUT2D eigenvalue weighted by Crippen LogP contribution is -2.42. The number of rotatable bonds is 7. The monoisotopic (exact) mass is 313 g/mol. The first kappa shape index (κ1) is 16.7. The van der Waals surface area contributed by atoms with E-state index in [1.165, 1.54) is 6.07 Å². The number of hydrogen-bond donors (Lipinski definition) is 1. The molecule has 0 aromatic heterocycles. The second-order valence-corrected chi connectivity index (χ2v) is 6.21. The van der Waals surface area contributed by atoms with Gasteiger partial charge in [0.25, 0.3) is 0 Å². The van der Waals surface area contributed by atoms with Gasteiger partial charge in [0.15, 0.2) is 0 Å². The van der Waals surface area contributed by atoms with Crippen molar-refractivity contribution in [3.05, 3.63) is 34.6 Å². The molecular weight excluding hydrogens is 289 g/mol. The van der Waals surface area contributed by atoms with Crippen molar-refractivity contribution in [2.75, 3.05) is 13.2 Å². The quantitative estimate of drug-likeness (QED) is 0.814. The van der Waals surface area contributed by atoms with Crippen LogP contribution in [0.3, 0.4) is 0 Å². The maximum atomic E-state index is 14.1. The normalized spacial score (nSPS) is 23.4. The Balaban J connectivity index is 2.11. The van der Waals surface area contributed by atoms with Gasteiger partial charge in [-0.25, -0.2) is 4.39 Å². The first-order valence-corrected chi connectivity index (χ1v) is 8.32. The first-order valence-electron chi connectivity index (χ1n) is 7.94. The fraction of sp³-hybridized carbons (Fsp3) is 0.647. The highest BCUT2D eigenvalue weighted by Crippen LogP contribution is 2.29. The van der Waals surface area contributed by atoms with E-state index in [2.05, 4.69) is 19.2 Å². The SMILES string of the molecule is CCCNC(Cc1ccc(Cl)cc1F)C1CCOC1CC. The van der Waals surface area contributed by atoms with Gasteiger partial charge in [0, 0.05) is 23.6 Å². The standard InChI is InChI=1S/C17H25ClFNO/c1-3-8-20-16(14-7-9-21-17(14)4-2)10-12-5-6-13(18)11-15(12)19/h5-6,11,14,16-17,20H,3-4,7-10H2,1-2H3. The van der Waals surface area contributed by atoms with Crippen LogP contribution in [0.1, 0.15) is 38.7 Å². The number of ether oxygens (including phenoxy) is 1. The molecule has 1 aliphatic rings. The molecule has 3 unspecified atom stereocenters. The molecule has 0 bridgehead atoms. The van der Waals surface area contributed by atoms with Gasteiger partial charge >= 0.3 is 0 Å². The number of halogens is 2. The van der Waals surface area contributed by atoms with Crippen LogP contribution in [0.4, 0.5) is 4.39 Å². The maximum Gasteiger partial charge on any atom is 0.127 e. The lowest BCUT2D eigenvalue weighted by molar-refractivity contribution is 0.0774. The molecule has 118 valence electrons. The van der Waals surface area contributed by atoms with E-state index >= 15 is 0 Å². The Morgan fingerprint density at radius 1 is 1.43 bits per heavy atom. The molecule has 3 atom stereocenters. The molecule has 1 aliphatic heterocycles. The molecule has 21 heavy (non-hydrogen) atoms. The zero-order chi connectivity index (χ0) is 15.2. The van der Waals surface area contributed by atoms with Crippen molar-refractivity contribution in [1.29, 1.82) is 0 Å². The van der Waals surface area contributed by atoms with E-state index in [-0.39, 0.29) is 18.0 Å². The van der Waals surface area contributed by atoms with E-state index in [0.717, 1.165) is 38.0 Å². The van der Waals surface area contributed by atoms with Crippen molar-refractivity contribution in [1.82, 2.24) is 5.32 Å². The van der Waals surface area contributed by atoms with Gasteiger partial charge in [-0.3, -0.25) is 0 Å². The molecule has 1 heterocycles. The predicted octanol–water partition coefficient (Wildman–Crippen LogP) is 4.20. The second-order valence-electron chi connectivity index (χ2n) is 5.77. The van der Waals surface area contributed by atoms with Crippen molar-refractivity contribution >= 4 is 11.6 Å². The molecule has 4 heteroatoms. The highest BCUT2D eigenvalue weighted by atomic mass is 35.5. The van der Waals surface area contributed by atoms with Crippen LogP contribution in [0.5, 0.6) is 0 Å². The topological polar surface area (TPSA) is 21.3 Å². The molecular formula is C17H25ClFNO. The molecule has 0 saturated carbocycles. The van der Waals surface area contributed by atoms with Crippen LogP contribution in [0.15, 0.2) is 18.2 Å². The van der Waals surface area contributed by atoms with Gasteiger partial charge in [-0.1, -0.05) is 31.5 Å². The van der Waals surface area contributed by atoms with Crippen LogP contribution in [-0.2, 0) is 11.2 Å². The molecule has 1 fully saturated rings. The smallest absolute Gasteiger partial charge is 0.127 e. The summed E-state index contributed by atoms with van der Waals surface area (Å²) in [6.45, 7) is 6.07. The molecule has 0 radical (unpaired) electrons. The van der Waals surface area contributed by atoms with E-state index < -0.39 is 0 Å². The molecule has 0 amide bonds. The Labute approximate surface area is 132 Å². The third-order valence-corrected chi connectivity index (χ3v) is 4.53. The highest BCUT2D eigenvalue weighted by molar-refractivity contribution is 6.30. The lowest BCUT2D eigenvalue weighted by Gasteiger charge is -2.28. The zero-order valence-electron chi connectivity index (χ0n) is 12.9. The summed E-state index contributed by atoms with van der Waals surface area (Å²) in [6.07, 6.45) is 4.11. The number of benzene rings is 1. The molecule has 1 N–H and O–H groups in total. The van der Waals surface area contributed by atoms with E-state index in [9.17, 15) is 4.39 Å².